The van der Waals surface area contributed by atoms with Crippen LogP contribution in [0.1, 0.15) is 43.6 Å². The third kappa shape index (κ3) is 6.37. The number of nitrogens with zero attached hydrogens (tertiary/aromatic N) is 2. The molecule has 11 rings (SSSR count). The van der Waals surface area contributed by atoms with Crippen LogP contribution in [0, 0.1) is 0 Å². The maximum absolute atomic E-state index is 2.52. The van der Waals surface area contributed by atoms with E-state index >= 15 is 0 Å². The van der Waals surface area contributed by atoms with Crippen molar-refractivity contribution in [3.05, 3.63) is 218 Å². The molecule has 1 heterocycles. The van der Waals surface area contributed by atoms with E-state index in [-0.39, 0.29) is 0 Å². The van der Waals surface area contributed by atoms with Crippen LogP contribution in [0.5, 0.6) is 0 Å². The number of anilines is 3. The highest BCUT2D eigenvalue weighted by molar-refractivity contribution is 6.12. The Bertz CT molecular complexity index is 3100. The third-order valence-corrected chi connectivity index (χ3v) is 12.8. The quantitative estimate of drug-likeness (QED) is 0.149. The van der Waals surface area contributed by atoms with Crippen molar-refractivity contribution in [2.75, 3.05) is 4.90 Å². The minimum absolute atomic E-state index is 0.664. The zero-order valence-corrected chi connectivity index (χ0v) is 33.7. The molecule has 0 saturated heterocycles. The van der Waals surface area contributed by atoms with Gasteiger partial charge in [0.1, 0.15) is 0 Å². The minimum Gasteiger partial charge on any atom is -0.309 e. The Morgan fingerprint density at radius 1 is 0.400 bits per heavy atom. The summed E-state index contributed by atoms with van der Waals surface area (Å²) in [5.74, 6) is 0.664. The van der Waals surface area contributed by atoms with E-state index in [1.807, 2.05) is 0 Å². The van der Waals surface area contributed by atoms with Gasteiger partial charge in [-0.2, -0.15) is 0 Å². The van der Waals surface area contributed by atoms with Crippen molar-refractivity contribution in [2.24, 2.45) is 0 Å². The van der Waals surface area contributed by atoms with Crippen LogP contribution >= 0.6 is 0 Å². The molecule has 60 heavy (non-hydrogen) atoms. The van der Waals surface area contributed by atoms with Crippen molar-refractivity contribution in [3.8, 4) is 39.1 Å². The molecule has 2 heteroatoms. The first-order chi connectivity index (χ1) is 29.8. The highest BCUT2D eigenvalue weighted by Crippen LogP contribution is 2.50. The molecule has 0 spiro atoms. The molecule has 1 aliphatic carbocycles. The monoisotopic (exact) mass is 770 g/mol. The topological polar surface area (TPSA) is 8.17 Å². The Kier molecular flexibility index (Phi) is 9.32. The first kappa shape index (κ1) is 36.0. The van der Waals surface area contributed by atoms with Gasteiger partial charge in [-0.1, -0.05) is 189 Å². The van der Waals surface area contributed by atoms with Crippen LogP contribution < -0.4 is 4.90 Å². The fourth-order valence-electron chi connectivity index (χ4n) is 9.96. The number of fused-ring (bicyclic) bond motifs is 4. The van der Waals surface area contributed by atoms with E-state index in [0.29, 0.717) is 5.92 Å². The summed E-state index contributed by atoms with van der Waals surface area (Å²) < 4.78 is 2.48. The van der Waals surface area contributed by atoms with E-state index in [2.05, 4.69) is 222 Å². The lowest BCUT2D eigenvalue weighted by Crippen LogP contribution is -2.13. The molecule has 0 N–H and O–H groups in total. The second kappa shape index (κ2) is 15.5. The van der Waals surface area contributed by atoms with Crippen LogP contribution in [0.3, 0.4) is 0 Å². The molecule has 9 aromatic carbocycles. The Morgan fingerprint density at radius 3 is 1.73 bits per heavy atom. The van der Waals surface area contributed by atoms with E-state index in [1.54, 1.807) is 0 Å². The normalized spacial score (nSPS) is 13.3. The zero-order chi connectivity index (χ0) is 39.8. The minimum atomic E-state index is 0.664. The molecule has 10 aromatic rings. The number of para-hydroxylation sites is 1. The SMILES string of the molecule is c1ccc(-c2cccc(N(c3ccc4c5ccccc5n(-c5ccc(C6CCCCC6)cc5)c4c3)c3ccc4ccccc4c3-c3ccccc3)c2-c2ccccc2)cc1. The molecule has 1 aliphatic rings. The molecular formula is C58H46N2. The summed E-state index contributed by atoms with van der Waals surface area (Å²) in [6.07, 6.45) is 6.63. The zero-order valence-electron chi connectivity index (χ0n) is 33.7. The molecule has 0 radical (unpaired) electrons. The van der Waals surface area contributed by atoms with Gasteiger partial charge < -0.3 is 9.47 Å². The van der Waals surface area contributed by atoms with E-state index in [4.69, 9.17) is 0 Å². The molecule has 0 atom stereocenters. The van der Waals surface area contributed by atoms with Gasteiger partial charge in [0.05, 0.1) is 22.4 Å². The second-order valence-electron chi connectivity index (χ2n) is 16.3. The van der Waals surface area contributed by atoms with Gasteiger partial charge in [0.15, 0.2) is 0 Å². The summed E-state index contributed by atoms with van der Waals surface area (Å²) in [6.45, 7) is 0. The first-order valence-electron chi connectivity index (χ1n) is 21.5. The molecule has 288 valence electrons. The number of benzene rings is 9. The molecule has 0 unspecified atom stereocenters. The van der Waals surface area contributed by atoms with Gasteiger partial charge in [-0.15, -0.1) is 0 Å². The average Bonchev–Trinajstić information content (AvgIpc) is 3.66. The molecule has 0 amide bonds. The summed E-state index contributed by atoms with van der Waals surface area (Å²) >= 11 is 0. The number of hydrogen-bond acceptors (Lipinski definition) is 1. The molecular weight excluding hydrogens is 725 g/mol. The predicted octanol–water partition coefficient (Wildman–Crippen LogP) is 16.5. The van der Waals surface area contributed by atoms with Crippen LogP contribution in [-0.4, -0.2) is 4.57 Å². The maximum Gasteiger partial charge on any atom is 0.0561 e. The standard InChI is InChI=1S/C58H46N2/c1-5-18-41(19-6-1)42-32-35-47(36-33-42)59-53-30-16-15-28-51(53)52-38-37-48(40-56(52)59)60(55-39-34-44-22-13-14-27-49(44)58(55)46-25-11-4-12-26-46)54-31-17-29-50(43-20-7-2-8-21-43)57(54)45-23-9-3-10-24-45/h2-4,7-17,20-41H,1,5-6,18-19H2. The van der Waals surface area contributed by atoms with Crippen molar-refractivity contribution >= 4 is 49.6 Å². The number of aromatic nitrogens is 1. The van der Waals surface area contributed by atoms with Gasteiger partial charge in [0.2, 0.25) is 0 Å². The van der Waals surface area contributed by atoms with Crippen LogP contribution in [-0.2, 0) is 0 Å². The van der Waals surface area contributed by atoms with Gasteiger partial charge >= 0.3 is 0 Å². The molecule has 2 nitrogen and oxygen atoms in total. The number of hydrogen-bond donors (Lipinski definition) is 0. The maximum atomic E-state index is 2.52. The molecule has 0 bridgehead atoms. The first-order valence-corrected chi connectivity index (χ1v) is 21.5. The Morgan fingerprint density at radius 2 is 1.00 bits per heavy atom. The second-order valence-corrected chi connectivity index (χ2v) is 16.3. The van der Waals surface area contributed by atoms with Gasteiger partial charge in [-0.05, 0) is 99.8 Å². The summed E-state index contributed by atoms with van der Waals surface area (Å²) in [6, 6.07) is 78.4. The van der Waals surface area contributed by atoms with Gasteiger partial charge in [-0.3, -0.25) is 0 Å². The lowest BCUT2D eigenvalue weighted by atomic mass is 9.84. The molecule has 1 fully saturated rings. The van der Waals surface area contributed by atoms with Crippen molar-refractivity contribution in [3.63, 3.8) is 0 Å². The largest absolute Gasteiger partial charge is 0.309 e. The van der Waals surface area contributed by atoms with E-state index in [0.717, 1.165) is 17.1 Å². The Balaban J connectivity index is 1.21. The van der Waals surface area contributed by atoms with Crippen molar-refractivity contribution in [1.82, 2.24) is 4.57 Å². The molecule has 0 aliphatic heterocycles. The van der Waals surface area contributed by atoms with E-state index < -0.39 is 0 Å². The Hall–Kier alpha value is -7.16. The predicted molar refractivity (Wildman–Crippen MR) is 255 cm³/mol. The van der Waals surface area contributed by atoms with Crippen LogP contribution in [0.4, 0.5) is 17.1 Å². The summed E-state index contributed by atoms with van der Waals surface area (Å²) in [4.78, 5) is 2.52. The van der Waals surface area contributed by atoms with Crippen molar-refractivity contribution < 1.29 is 0 Å². The molecule has 1 saturated carbocycles. The summed E-state index contributed by atoms with van der Waals surface area (Å²) in [5.41, 5.74) is 15.5. The Labute approximate surface area is 352 Å². The lowest BCUT2D eigenvalue weighted by molar-refractivity contribution is 0.443. The van der Waals surface area contributed by atoms with Gasteiger partial charge in [0.25, 0.3) is 0 Å². The highest BCUT2D eigenvalue weighted by Gasteiger charge is 2.25. The fraction of sp³-hybridized carbons (Fsp3) is 0.103. The molecule has 1 aromatic heterocycles. The van der Waals surface area contributed by atoms with Gasteiger partial charge in [-0.25, -0.2) is 0 Å². The summed E-state index contributed by atoms with van der Waals surface area (Å²) in [5, 5.41) is 4.94. The van der Waals surface area contributed by atoms with Crippen molar-refractivity contribution in [1.29, 1.82) is 0 Å². The average molecular weight is 771 g/mol. The highest BCUT2D eigenvalue weighted by atomic mass is 15.2. The van der Waals surface area contributed by atoms with E-state index in [1.165, 1.54) is 109 Å². The van der Waals surface area contributed by atoms with Crippen LogP contribution in [0.15, 0.2) is 212 Å². The van der Waals surface area contributed by atoms with Gasteiger partial charge in [0, 0.05) is 33.3 Å². The van der Waals surface area contributed by atoms with E-state index in [9.17, 15) is 0 Å². The fourth-order valence-corrected chi connectivity index (χ4v) is 9.96. The smallest absolute Gasteiger partial charge is 0.0561 e. The number of rotatable bonds is 8. The lowest BCUT2D eigenvalue weighted by Gasteiger charge is -2.31. The van der Waals surface area contributed by atoms with Crippen LogP contribution in [0.2, 0.25) is 0 Å². The third-order valence-electron chi connectivity index (χ3n) is 12.8. The van der Waals surface area contributed by atoms with Crippen molar-refractivity contribution in [2.45, 2.75) is 38.0 Å². The summed E-state index contributed by atoms with van der Waals surface area (Å²) in [7, 11) is 0. The van der Waals surface area contributed by atoms with Crippen LogP contribution in [0.25, 0.3) is 71.6 Å².